The fourth-order valence-corrected chi connectivity index (χ4v) is 2.57. The molecular weight excluding hydrogens is 472 g/mol. The van der Waals surface area contributed by atoms with Gasteiger partial charge >= 0.3 is 0 Å². The van der Waals surface area contributed by atoms with Crippen LogP contribution in [0.5, 0.6) is 11.5 Å². The highest BCUT2D eigenvalue weighted by molar-refractivity contribution is 14.0. The van der Waals surface area contributed by atoms with E-state index in [-0.39, 0.29) is 29.8 Å². The quantitative estimate of drug-likeness (QED) is 0.308. The van der Waals surface area contributed by atoms with Crippen LogP contribution in [0.25, 0.3) is 0 Å². The number of hydrogen-bond acceptors (Lipinski definition) is 3. The Morgan fingerprint density at radius 1 is 1.00 bits per heavy atom. The third kappa shape index (κ3) is 7.92. The molecule has 5 nitrogen and oxygen atoms in total. The van der Waals surface area contributed by atoms with E-state index in [4.69, 9.17) is 9.47 Å². The van der Waals surface area contributed by atoms with Crippen LogP contribution in [0.3, 0.4) is 0 Å². The number of guanidine groups is 1. The first-order chi connectivity index (χ1) is 13.2. The highest BCUT2D eigenvalue weighted by atomic mass is 127. The number of hydrogen-bond donors (Lipinski definition) is 2. The van der Waals surface area contributed by atoms with Crippen molar-refractivity contribution in [1.82, 2.24) is 10.6 Å². The number of nitrogens with zero attached hydrogens (tertiary/aromatic N) is 1. The van der Waals surface area contributed by atoms with Gasteiger partial charge in [0, 0.05) is 13.1 Å². The molecule has 0 unspecified atom stereocenters. The van der Waals surface area contributed by atoms with Gasteiger partial charge in [0.25, 0.3) is 0 Å². The average molecular weight is 501 g/mol. The minimum atomic E-state index is -0.215. The lowest BCUT2D eigenvalue weighted by molar-refractivity contribution is 0.310. The van der Waals surface area contributed by atoms with Crippen LogP contribution in [0.2, 0.25) is 0 Å². The number of aliphatic imine (C=N–C) groups is 1. The van der Waals surface area contributed by atoms with Crippen molar-refractivity contribution in [3.63, 3.8) is 0 Å². The highest BCUT2D eigenvalue weighted by Crippen LogP contribution is 2.28. The average Bonchev–Trinajstić information content (AvgIpc) is 2.68. The van der Waals surface area contributed by atoms with Gasteiger partial charge in [-0.1, -0.05) is 18.2 Å². The van der Waals surface area contributed by atoms with Crippen LogP contribution in [0.15, 0.2) is 47.5 Å². The van der Waals surface area contributed by atoms with E-state index in [1.165, 1.54) is 12.1 Å². The Hall–Kier alpha value is -2.03. The molecule has 2 aromatic carbocycles. The Morgan fingerprint density at radius 2 is 1.71 bits per heavy atom. The molecule has 2 aromatic rings. The summed E-state index contributed by atoms with van der Waals surface area (Å²) in [5.74, 6) is 1.97. The van der Waals surface area contributed by atoms with Crippen LogP contribution >= 0.6 is 24.0 Å². The van der Waals surface area contributed by atoms with Crippen LogP contribution in [0, 0.1) is 5.82 Å². The first-order valence-electron chi connectivity index (χ1n) is 9.22. The largest absolute Gasteiger partial charge is 0.493 e. The Morgan fingerprint density at radius 3 is 2.36 bits per heavy atom. The van der Waals surface area contributed by atoms with Crippen molar-refractivity contribution in [2.75, 3.05) is 26.8 Å². The van der Waals surface area contributed by atoms with Crippen molar-refractivity contribution < 1.29 is 13.9 Å². The Bertz CT molecular complexity index is 739. The molecule has 28 heavy (non-hydrogen) atoms. The van der Waals surface area contributed by atoms with Gasteiger partial charge in [0.2, 0.25) is 0 Å². The van der Waals surface area contributed by atoms with Crippen molar-refractivity contribution >= 4 is 29.9 Å². The summed E-state index contributed by atoms with van der Waals surface area (Å²) in [4.78, 5) is 4.62. The molecule has 0 amide bonds. The fourth-order valence-electron chi connectivity index (χ4n) is 2.57. The molecule has 0 atom stereocenters. The second-order valence-electron chi connectivity index (χ2n) is 5.92. The maximum absolute atomic E-state index is 13.0. The number of methoxy groups -OCH3 is 1. The van der Waals surface area contributed by atoms with E-state index in [1.54, 1.807) is 19.2 Å². The molecule has 0 aliphatic carbocycles. The van der Waals surface area contributed by atoms with E-state index in [0.717, 1.165) is 35.8 Å². The molecule has 0 aliphatic heterocycles. The third-order valence-corrected chi connectivity index (χ3v) is 3.91. The predicted molar refractivity (Wildman–Crippen MR) is 123 cm³/mol. The van der Waals surface area contributed by atoms with Gasteiger partial charge in [0.1, 0.15) is 5.82 Å². The fraction of sp³-hybridized carbons (Fsp3) is 0.381. The van der Waals surface area contributed by atoms with E-state index in [1.807, 2.05) is 32.0 Å². The van der Waals surface area contributed by atoms with Gasteiger partial charge in [-0.15, -0.1) is 24.0 Å². The van der Waals surface area contributed by atoms with Gasteiger partial charge in [-0.05, 0) is 55.7 Å². The minimum absolute atomic E-state index is 0. The van der Waals surface area contributed by atoms with E-state index in [0.29, 0.717) is 25.4 Å². The molecular formula is C21H29FIN3O2. The molecule has 2 rings (SSSR count). The van der Waals surface area contributed by atoms with Crippen LogP contribution in [-0.4, -0.2) is 32.8 Å². The molecule has 0 aliphatic rings. The van der Waals surface area contributed by atoms with Gasteiger partial charge in [-0.25, -0.2) is 9.38 Å². The number of nitrogens with one attached hydrogen (secondary N) is 2. The molecule has 0 saturated carbocycles. The zero-order valence-corrected chi connectivity index (χ0v) is 19.0. The van der Waals surface area contributed by atoms with Gasteiger partial charge < -0.3 is 20.1 Å². The standard InChI is InChI=1S/C21H28FN3O2.HI/c1-4-23-21(24-13-12-16-6-9-18(22)10-7-16)25-15-17-8-11-19(27-5-2)20(14-17)26-3;/h6-11,14H,4-5,12-13,15H2,1-3H3,(H2,23,24,25);1H. The van der Waals surface area contributed by atoms with Crippen LogP contribution in [-0.2, 0) is 13.0 Å². The molecule has 0 saturated heterocycles. The number of halogens is 2. The lowest BCUT2D eigenvalue weighted by Gasteiger charge is -2.12. The number of benzene rings is 2. The maximum Gasteiger partial charge on any atom is 0.191 e. The zero-order chi connectivity index (χ0) is 19.5. The third-order valence-electron chi connectivity index (χ3n) is 3.91. The topological polar surface area (TPSA) is 54.9 Å². The second kappa shape index (κ2) is 13.2. The summed E-state index contributed by atoms with van der Waals surface area (Å²) in [6.07, 6.45) is 0.793. The molecule has 7 heteroatoms. The van der Waals surface area contributed by atoms with E-state index in [2.05, 4.69) is 15.6 Å². The summed E-state index contributed by atoms with van der Waals surface area (Å²) < 4.78 is 23.9. The minimum Gasteiger partial charge on any atom is -0.493 e. The monoisotopic (exact) mass is 501 g/mol. The van der Waals surface area contributed by atoms with E-state index < -0.39 is 0 Å². The summed E-state index contributed by atoms with van der Waals surface area (Å²) in [6, 6.07) is 12.4. The summed E-state index contributed by atoms with van der Waals surface area (Å²) in [7, 11) is 1.63. The Kier molecular flexibility index (Phi) is 11.3. The van der Waals surface area contributed by atoms with Crippen molar-refractivity contribution in [3.8, 4) is 11.5 Å². The summed E-state index contributed by atoms with van der Waals surface area (Å²) in [5.41, 5.74) is 2.11. The van der Waals surface area contributed by atoms with Crippen LogP contribution in [0.1, 0.15) is 25.0 Å². The van der Waals surface area contributed by atoms with Crippen LogP contribution < -0.4 is 20.1 Å². The lowest BCUT2D eigenvalue weighted by Crippen LogP contribution is -2.38. The molecule has 0 bridgehead atoms. The Balaban J connectivity index is 0.00000392. The van der Waals surface area contributed by atoms with E-state index >= 15 is 0 Å². The van der Waals surface area contributed by atoms with Gasteiger partial charge in [0.15, 0.2) is 17.5 Å². The molecule has 0 spiro atoms. The molecule has 0 radical (unpaired) electrons. The molecule has 0 heterocycles. The number of ether oxygens (including phenoxy) is 2. The molecule has 0 fully saturated rings. The second-order valence-corrected chi connectivity index (χ2v) is 5.92. The van der Waals surface area contributed by atoms with Gasteiger partial charge in [-0.2, -0.15) is 0 Å². The van der Waals surface area contributed by atoms with Crippen molar-refractivity contribution in [2.24, 2.45) is 4.99 Å². The lowest BCUT2D eigenvalue weighted by atomic mass is 10.1. The normalized spacial score (nSPS) is 10.8. The summed E-state index contributed by atoms with van der Waals surface area (Å²) in [6.45, 7) is 6.57. The maximum atomic E-state index is 13.0. The summed E-state index contributed by atoms with van der Waals surface area (Å²) in [5, 5.41) is 6.53. The van der Waals surface area contributed by atoms with Crippen LogP contribution in [0.4, 0.5) is 4.39 Å². The smallest absolute Gasteiger partial charge is 0.191 e. The van der Waals surface area contributed by atoms with Crippen molar-refractivity contribution in [2.45, 2.75) is 26.8 Å². The first-order valence-corrected chi connectivity index (χ1v) is 9.22. The van der Waals surface area contributed by atoms with Crippen molar-refractivity contribution in [3.05, 3.63) is 59.4 Å². The van der Waals surface area contributed by atoms with Gasteiger partial charge in [-0.3, -0.25) is 0 Å². The SMILES string of the molecule is CCNC(=NCc1ccc(OCC)c(OC)c1)NCCc1ccc(F)cc1.I. The Labute approximate surface area is 183 Å². The predicted octanol–water partition coefficient (Wildman–Crippen LogP) is 4.15. The zero-order valence-electron chi connectivity index (χ0n) is 16.6. The van der Waals surface area contributed by atoms with E-state index in [9.17, 15) is 4.39 Å². The molecule has 2 N–H and O–H groups in total. The first kappa shape index (κ1) is 24.0. The summed E-state index contributed by atoms with van der Waals surface area (Å²) >= 11 is 0. The van der Waals surface area contributed by atoms with Crippen molar-refractivity contribution in [1.29, 1.82) is 0 Å². The highest BCUT2D eigenvalue weighted by Gasteiger charge is 2.05. The molecule has 154 valence electrons. The number of rotatable bonds is 9. The molecule has 0 aromatic heterocycles. The van der Waals surface area contributed by atoms with Gasteiger partial charge in [0.05, 0.1) is 20.3 Å².